The van der Waals surface area contributed by atoms with Crippen LogP contribution in [0.3, 0.4) is 0 Å². The molecule has 1 aliphatic heterocycles. The zero-order valence-electron chi connectivity index (χ0n) is 21.2. The summed E-state index contributed by atoms with van der Waals surface area (Å²) in [5, 5.41) is 9.70. The predicted octanol–water partition coefficient (Wildman–Crippen LogP) is 4.45. The molecule has 188 valence electrons. The Kier molecular flexibility index (Phi) is 17.4. The van der Waals surface area contributed by atoms with Crippen molar-refractivity contribution >= 4 is 5.84 Å². The molecular formula is C29H49ClN2O. The van der Waals surface area contributed by atoms with E-state index in [0.29, 0.717) is 0 Å². The Balaban J connectivity index is 0.00000544. The third-order valence-corrected chi connectivity index (χ3v) is 6.89. The average Bonchev–Trinajstić information content (AvgIpc) is 3.19. The van der Waals surface area contributed by atoms with E-state index < -0.39 is 0 Å². The first kappa shape index (κ1) is 29.9. The fraction of sp³-hybridized carbons (Fsp3) is 0.690. The lowest BCUT2D eigenvalue weighted by atomic mass is 10.0. The Hall–Kier alpha value is -1.16. The first-order chi connectivity index (χ1) is 15.8. The van der Waals surface area contributed by atoms with Gasteiger partial charge in [-0.25, -0.2) is 4.99 Å². The van der Waals surface area contributed by atoms with E-state index in [-0.39, 0.29) is 19.0 Å². The molecule has 0 saturated heterocycles. The van der Waals surface area contributed by atoms with Gasteiger partial charge < -0.3 is 17.5 Å². The van der Waals surface area contributed by atoms with Crippen molar-refractivity contribution in [1.82, 2.24) is 0 Å². The van der Waals surface area contributed by atoms with Crippen LogP contribution in [0.15, 0.2) is 47.5 Å². The molecule has 1 aliphatic rings. The normalized spacial score (nSPS) is 17.9. The lowest BCUT2D eigenvalue weighted by Gasteiger charge is -2.33. The molecule has 1 unspecified atom stereocenters. The van der Waals surface area contributed by atoms with Crippen molar-refractivity contribution in [1.29, 1.82) is 0 Å². The third kappa shape index (κ3) is 12.2. The molecule has 33 heavy (non-hydrogen) atoms. The number of unbranched alkanes of at least 4 members (excludes halogenated alkanes) is 13. The molecule has 0 bridgehead atoms. The molecule has 1 N–H and O–H groups in total. The molecule has 4 heteroatoms. The highest BCUT2D eigenvalue weighted by Crippen LogP contribution is 2.21. The van der Waals surface area contributed by atoms with Crippen molar-refractivity contribution in [3.8, 4) is 0 Å². The lowest BCUT2D eigenvalue weighted by Crippen LogP contribution is -3.00. The minimum absolute atomic E-state index is 0. The van der Waals surface area contributed by atoms with Crippen molar-refractivity contribution in [3.05, 3.63) is 48.0 Å². The topological polar surface area (TPSA) is 32.6 Å². The van der Waals surface area contributed by atoms with Crippen molar-refractivity contribution in [3.63, 3.8) is 0 Å². The van der Waals surface area contributed by atoms with Gasteiger partial charge in [0.15, 0.2) is 0 Å². The molecule has 3 nitrogen and oxygen atoms in total. The second-order valence-corrected chi connectivity index (χ2v) is 9.63. The predicted molar refractivity (Wildman–Crippen MR) is 139 cm³/mol. The van der Waals surface area contributed by atoms with Crippen molar-refractivity contribution in [2.45, 2.75) is 103 Å². The quantitative estimate of drug-likeness (QED) is 0.232. The summed E-state index contributed by atoms with van der Waals surface area (Å²) in [4.78, 5) is 4.80. The molecule has 0 spiro atoms. The number of rotatable bonds is 19. The van der Waals surface area contributed by atoms with Crippen LogP contribution >= 0.6 is 0 Å². The maximum Gasteiger partial charge on any atom is 0.223 e. The SMILES string of the molecule is CCCCCCCCCCCCCCCC=CC1=NCC[N+]1(CCO)Cc1ccccc1.[Cl-]. The van der Waals surface area contributed by atoms with Gasteiger partial charge in [0.2, 0.25) is 5.84 Å². The van der Waals surface area contributed by atoms with Gasteiger partial charge in [0, 0.05) is 11.6 Å². The Bertz CT molecular complexity index is 646. The summed E-state index contributed by atoms with van der Waals surface area (Å²) >= 11 is 0. The molecule has 0 aliphatic carbocycles. The van der Waals surface area contributed by atoms with Gasteiger partial charge in [0.25, 0.3) is 0 Å². The first-order valence-electron chi connectivity index (χ1n) is 13.5. The zero-order chi connectivity index (χ0) is 22.7. The molecule has 0 radical (unpaired) electrons. The fourth-order valence-corrected chi connectivity index (χ4v) is 4.89. The van der Waals surface area contributed by atoms with Gasteiger partial charge in [-0.05, 0) is 12.8 Å². The summed E-state index contributed by atoms with van der Waals surface area (Å²) in [6, 6.07) is 10.6. The van der Waals surface area contributed by atoms with Crippen molar-refractivity contribution in [2.75, 3.05) is 26.2 Å². The Morgan fingerprint density at radius 3 is 2.00 bits per heavy atom. The van der Waals surface area contributed by atoms with Crippen LogP contribution in [-0.2, 0) is 6.54 Å². The molecule has 0 saturated carbocycles. The summed E-state index contributed by atoms with van der Waals surface area (Å²) in [5.74, 6) is 1.15. The van der Waals surface area contributed by atoms with Crippen LogP contribution < -0.4 is 12.4 Å². The van der Waals surface area contributed by atoms with Gasteiger partial charge in [0.05, 0.1) is 13.2 Å². The summed E-state index contributed by atoms with van der Waals surface area (Å²) in [5.41, 5.74) is 1.32. The number of halogens is 1. The molecule has 2 rings (SSSR count). The maximum atomic E-state index is 9.70. The molecule has 1 aromatic carbocycles. The number of aliphatic hydroxyl groups is 1. The number of benzene rings is 1. The van der Waals surface area contributed by atoms with E-state index in [2.05, 4.69) is 49.4 Å². The van der Waals surface area contributed by atoms with Crippen molar-refractivity contribution in [2.24, 2.45) is 4.99 Å². The molecule has 1 aromatic rings. The van der Waals surface area contributed by atoms with Crippen LogP contribution in [0.4, 0.5) is 0 Å². The van der Waals surface area contributed by atoms with E-state index in [1.807, 2.05) is 0 Å². The highest BCUT2D eigenvalue weighted by Gasteiger charge is 2.36. The molecular weight excluding hydrogens is 428 g/mol. The lowest BCUT2D eigenvalue weighted by molar-refractivity contribution is -0.848. The summed E-state index contributed by atoms with van der Waals surface area (Å²) < 4.78 is 0.787. The number of aliphatic imine (C=N–C) groups is 1. The van der Waals surface area contributed by atoms with Gasteiger partial charge in [0.1, 0.15) is 19.6 Å². The Morgan fingerprint density at radius 1 is 0.848 bits per heavy atom. The highest BCUT2D eigenvalue weighted by molar-refractivity contribution is 5.88. The molecule has 0 fully saturated rings. The van der Waals surface area contributed by atoms with E-state index in [1.165, 1.54) is 89.0 Å². The Labute approximate surface area is 210 Å². The molecule has 0 amide bonds. The minimum atomic E-state index is 0. The van der Waals surface area contributed by atoms with Gasteiger partial charge in [-0.1, -0.05) is 120 Å². The number of hydrogen-bond acceptors (Lipinski definition) is 2. The van der Waals surface area contributed by atoms with Gasteiger partial charge in [-0.15, -0.1) is 0 Å². The van der Waals surface area contributed by atoms with Crippen molar-refractivity contribution < 1.29 is 22.0 Å². The van der Waals surface area contributed by atoms with Gasteiger partial charge in [-0.3, -0.25) is 4.48 Å². The standard InChI is InChI=1S/C29H49N2O.ClH/c1-2-3-4-5-6-7-8-9-10-11-12-13-14-15-19-22-29-30-23-24-31(29,25-26-32)27-28-20-17-16-18-21-28;/h16-22,32H,2-15,23-27H2,1H3;1H/q+1;/p-1. The number of quaternary nitrogens is 1. The number of allylic oxidation sites excluding steroid dienone is 1. The number of aliphatic hydroxyl groups excluding tert-OH is 1. The van der Waals surface area contributed by atoms with E-state index in [0.717, 1.165) is 42.9 Å². The van der Waals surface area contributed by atoms with Gasteiger partial charge in [-0.2, -0.15) is 0 Å². The average molecular weight is 477 g/mol. The first-order valence-corrected chi connectivity index (χ1v) is 13.5. The highest BCUT2D eigenvalue weighted by atomic mass is 35.5. The smallest absolute Gasteiger partial charge is 0.223 e. The van der Waals surface area contributed by atoms with Crippen LogP contribution in [0.5, 0.6) is 0 Å². The fourth-order valence-electron chi connectivity index (χ4n) is 4.89. The summed E-state index contributed by atoms with van der Waals surface area (Å²) in [7, 11) is 0. The largest absolute Gasteiger partial charge is 1.00 e. The van der Waals surface area contributed by atoms with Crippen LogP contribution in [-0.4, -0.2) is 41.7 Å². The third-order valence-electron chi connectivity index (χ3n) is 6.89. The molecule has 1 atom stereocenters. The monoisotopic (exact) mass is 476 g/mol. The summed E-state index contributed by atoms with van der Waals surface area (Å²) in [6.45, 7) is 6.02. The Morgan fingerprint density at radius 2 is 1.42 bits per heavy atom. The van der Waals surface area contributed by atoms with Crippen LogP contribution in [0, 0.1) is 0 Å². The zero-order valence-corrected chi connectivity index (χ0v) is 22.0. The molecule has 1 heterocycles. The second kappa shape index (κ2) is 19.2. The van der Waals surface area contributed by atoms with E-state index in [4.69, 9.17) is 4.99 Å². The van der Waals surface area contributed by atoms with Gasteiger partial charge >= 0.3 is 0 Å². The van der Waals surface area contributed by atoms with E-state index in [9.17, 15) is 5.11 Å². The van der Waals surface area contributed by atoms with E-state index in [1.54, 1.807) is 0 Å². The summed E-state index contributed by atoms with van der Waals surface area (Å²) in [6.07, 6.45) is 23.9. The minimum Gasteiger partial charge on any atom is -1.00 e. The van der Waals surface area contributed by atoms with E-state index >= 15 is 0 Å². The molecule has 0 aromatic heterocycles. The number of amidine groups is 1. The van der Waals surface area contributed by atoms with Crippen LogP contribution in [0.2, 0.25) is 0 Å². The number of hydrogen-bond donors (Lipinski definition) is 1. The van der Waals surface area contributed by atoms with Crippen LogP contribution in [0.1, 0.15) is 102 Å². The van der Waals surface area contributed by atoms with Crippen LogP contribution in [0.25, 0.3) is 0 Å². The maximum absolute atomic E-state index is 9.70. The number of nitrogens with zero attached hydrogens (tertiary/aromatic N) is 2. The second-order valence-electron chi connectivity index (χ2n) is 9.63.